The van der Waals surface area contributed by atoms with Crippen molar-refractivity contribution in [1.82, 2.24) is 5.32 Å². The van der Waals surface area contributed by atoms with Gasteiger partial charge >= 0.3 is 5.97 Å². The molecule has 0 saturated heterocycles. The van der Waals surface area contributed by atoms with Crippen molar-refractivity contribution >= 4 is 29.3 Å². The predicted molar refractivity (Wildman–Crippen MR) is 209 cm³/mol. The number of amides is 1. The molecule has 3 aromatic rings. The lowest BCUT2D eigenvalue weighted by atomic mass is 9.97. The highest BCUT2D eigenvalue weighted by Gasteiger charge is 2.25. The Balaban J connectivity index is 1.62. The van der Waals surface area contributed by atoms with E-state index in [1.807, 2.05) is 50.2 Å². The molecule has 0 bridgehead atoms. The number of hydrogen-bond donors (Lipinski definition) is 1. The summed E-state index contributed by atoms with van der Waals surface area (Å²) < 4.78 is 39.6. The van der Waals surface area contributed by atoms with E-state index >= 15 is 0 Å². The number of hydrogen-bond acceptors (Lipinski definition) is 10. The molecule has 12 heteroatoms. The number of nitrogens with one attached hydrogen (secondary N) is 1. The summed E-state index contributed by atoms with van der Waals surface area (Å²) in [7, 11) is 6.17. The molecular formula is C42H56ClNO10. The average molecular weight is 770 g/mol. The first-order valence-corrected chi connectivity index (χ1v) is 18.3. The monoisotopic (exact) mass is 769 g/mol. The largest absolute Gasteiger partial charge is 0.496 e. The van der Waals surface area contributed by atoms with Crippen LogP contribution in [0.3, 0.4) is 0 Å². The molecule has 1 amide bonds. The Hall–Kier alpha value is -4.00. The van der Waals surface area contributed by atoms with Crippen molar-refractivity contribution in [3.05, 3.63) is 81.4 Å². The van der Waals surface area contributed by atoms with Gasteiger partial charge in [-0.05, 0) is 107 Å². The lowest BCUT2D eigenvalue weighted by molar-refractivity contribution is -0.118. The maximum Gasteiger partial charge on any atom is 0.337 e. The van der Waals surface area contributed by atoms with E-state index in [1.54, 1.807) is 28.3 Å². The van der Waals surface area contributed by atoms with E-state index in [1.165, 1.54) is 26.2 Å². The van der Waals surface area contributed by atoms with Crippen LogP contribution in [0.5, 0.6) is 11.5 Å². The molecule has 0 fully saturated rings. The standard InChI is InChI=1S/C42H56ClNO10/c1-27-21-32(40(47)51-10)25-33(43)37(27)39(46)44-34(28(2)45)22-29-11-13-31(14-12-29)38-35(49-8)23-30(24-36(38)50-9)26-52-19-20-54-42(5,6)16-18-53-41(3,4)15-17-48-7/h11-14,21,23-25,34H,15-20,22,26H2,1-10H3,(H,44,46)/t34-/m0/s1. The van der Waals surface area contributed by atoms with Gasteiger partial charge in [0, 0.05) is 13.7 Å². The second-order valence-corrected chi connectivity index (χ2v) is 14.7. The van der Waals surface area contributed by atoms with Gasteiger partial charge in [-0.2, -0.15) is 0 Å². The first kappa shape index (κ1) is 44.4. The minimum absolute atomic E-state index is 0.0874. The highest BCUT2D eigenvalue weighted by atomic mass is 35.5. The molecule has 0 aliphatic rings. The number of carbonyl (C=O) groups excluding carboxylic acids is 3. The summed E-state index contributed by atoms with van der Waals surface area (Å²) in [6.07, 6.45) is 1.83. The smallest absolute Gasteiger partial charge is 0.337 e. The molecule has 0 unspecified atom stereocenters. The Morgan fingerprint density at radius 1 is 0.778 bits per heavy atom. The van der Waals surface area contributed by atoms with Crippen LogP contribution in [0, 0.1) is 6.92 Å². The van der Waals surface area contributed by atoms with Gasteiger partial charge < -0.3 is 38.5 Å². The Morgan fingerprint density at radius 3 is 1.91 bits per heavy atom. The number of esters is 1. The molecule has 0 heterocycles. The molecule has 0 aromatic heterocycles. The molecule has 11 nitrogen and oxygen atoms in total. The average Bonchev–Trinajstić information content (AvgIpc) is 3.12. The summed E-state index contributed by atoms with van der Waals surface area (Å²) in [5, 5.41) is 2.89. The molecule has 0 spiro atoms. The quantitative estimate of drug-likeness (QED) is 0.0807. The van der Waals surface area contributed by atoms with Crippen LogP contribution in [0.2, 0.25) is 5.02 Å². The minimum Gasteiger partial charge on any atom is -0.496 e. The van der Waals surface area contributed by atoms with E-state index in [-0.39, 0.29) is 39.6 Å². The molecule has 0 aliphatic carbocycles. The number of Topliss-reactive ketones (excluding diaryl/α,β-unsaturated/α-hetero) is 1. The van der Waals surface area contributed by atoms with Crippen LogP contribution in [0.25, 0.3) is 11.1 Å². The lowest BCUT2D eigenvalue weighted by Crippen LogP contribution is -2.41. The summed E-state index contributed by atoms with van der Waals surface area (Å²) in [4.78, 5) is 37.9. The Bertz CT molecular complexity index is 1670. The van der Waals surface area contributed by atoms with Gasteiger partial charge in [-0.3, -0.25) is 9.59 Å². The summed E-state index contributed by atoms with van der Waals surface area (Å²) in [6.45, 7) is 13.7. The molecule has 0 aliphatic heterocycles. The van der Waals surface area contributed by atoms with Crippen LogP contribution in [-0.2, 0) is 41.5 Å². The summed E-state index contributed by atoms with van der Waals surface area (Å²) in [5.41, 5.74) is 3.61. The number of halogens is 1. The number of carbonyl (C=O) groups is 3. The molecule has 296 valence electrons. The fraction of sp³-hybridized carbons (Fsp3) is 0.500. The third kappa shape index (κ3) is 13.1. The third-order valence-corrected chi connectivity index (χ3v) is 9.37. The molecule has 1 atom stereocenters. The number of aryl methyl sites for hydroxylation is 1. The number of ketones is 1. The van der Waals surface area contributed by atoms with Crippen LogP contribution < -0.4 is 14.8 Å². The summed E-state index contributed by atoms with van der Waals surface area (Å²) in [6, 6.07) is 13.6. The molecule has 0 saturated carbocycles. The van der Waals surface area contributed by atoms with Crippen molar-refractivity contribution in [1.29, 1.82) is 0 Å². The molecule has 3 rings (SSSR count). The third-order valence-electron chi connectivity index (χ3n) is 9.07. The predicted octanol–water partition coefficient (Wildman–Crippen LogP) is 7.58. The Morgan fingerprint density at radius 2 is 1.37 bits per heavy atom. The van der Waals surface area contributed by atoms with E-state index in [0.29, 0.717) is 50.1 Å². The number of rotatable bonds is 22. The van der Waals surface area contributed by atoms with Gasteiger partial charge in [0.25, 0.3) is 5.91 Å². The van der Waals surface area contributed by atoms with Gasteiger partial charge in [-0.25, -0.2) is 4.79 Å². The number of methoxy groups -OCH3 is 4. The SMILES string of the molecule is COCCC(C)(C)OCCC(C)(C)OCCOCc1cc(OC)c(-c2ccc(C[C@H](NC(=O)c3c(C)cc(C(=O)OC)cc3Cl)C(C)=O)cc2)c(OC)c1. The van der Waals surface area contributed by atoms with Gasteiger partial charge in [-0.15, -0.1) is 0 Å². The summed E-state index contributed by atoms with van der Waals surface area (Å²) >= 11 is 6.38. The zero-order valence-electron chi connectivity index (χ0n) is 33.3. The van der Waals surface area contributed by atoms with Crippen molar-refractivity contribution in [3.63, 3.8) is 0 Å². The zero-order valence-corrected chi connectivity index (χ0v) is 34.1. The van der Waals surface area contributed by atoms with Crippen LogP contribution in [0.15, 0.2) is 48.5 Å². The van der Waals surface area contributed by atoms with E-state index < -0.39 is 17.9 Å². The van der Waals surface area contributed by atoms with E-state index in [2.05, 4.69) is 19.2 Å². The maximum absolute atomic E-state index is 13.3. The van der Waals surface area contributed by atoms with Gasteiger partial charge in [-0.1, -0.05) is 35.9 Å². The Labute approximate surface area is 324 Å². The molecule has 54 heavy (non-hydrogen) atoms. The lowest BCUT2D eigenvalue weighted by Gasteiger charge is -2.29. The first-order valence-electron chi connectivity index (χ1n) is 17.9. The van der Waals surface area contributed by atoms with Crippen molar-refractivity contribution in [2.45, 2.75) is 84.7 Å². The minimum atomic E-state index is -0.809. The van der Waals surface area contributed by atoms with Gasteiger partial charge in [0.05, 0.1) is 86.7 Å². The van der Waals surface area contributed by atoms with Crippen LogP contribution >= 0.6 is 11.6 Å². The molecule has 0 radical (unpaired) electrons. The highest BCUT2D eigenvalue weighted by molar-refractivity contribution is 6.34. The van der Waals surface area contributed by atoms with E-state index in [4.69, 9.17) is 44.8 Å². The fourth-order valence-corrected chi connectivity index (χ4v) is 6.16. The van der Waals surface area contributed by atoms with Crippen LogP contribution in [0.1, 0.15) is 84.9 Å². The van der Waals surface area contributed by atoms with E-state index in [9.17, 15) is 14.4 Å². The molecule has 1 N–H and O–H groups in total. The highest BCUT2D eigenvalue weighted by Crippen LogP contribution is 2.40. The van der Waals surface area contributed by atoms with Crippen molar-refractivity contribution < 1.29 is 47.5 Å². The van der Waals surface area contributed by atoms with Gasteiger partial charge in [0.2, 0.25) is 0 Å². The van der Waals surface area contributed by atoms with Gasteiger partial charge in [0.15, 0.2) is 5.78 Å². The van der Waals surface area contributed by atoms with Crippen LogP contribution in [-0.4, -0.2) is 89.8 Å². The molecule has 3 aromatic carbocycles. The second-order valence-electron chi connectivity index (χ2n) is 14.3. The van der Waals surface area contributed by atoms with E-state index in [0.717, 1.165) is 35.1 Å². The second kappa shape index (κ2) is 20.6. The first-order chi connectivity index (χ1) is 25.5. The molecular weight excluding hydrogens is 714 g/mol. The van der Waals surface area contributed by atoms with Crippen molar-refractivity contribution in [2.75, 3.05) is 54.9 Å². The summed E-state index contributed by atoms with van der Waals surface area (Å²) in [5.74, 6) is -0.0608. The normalized spacial score (nSPS) is 12.3. The zero-order chi connectivity index (χ0) is 40.1. The van der Waals surface area contributed by atoms with Crippen molar-refractivity contribution in [3.8, 4) is 22.6 Å². The number of ether oxygens (including phenoxy) is 7. The maximum atomic E-state index is 13.3. The van der Waals surface area contributed by atoms with Gasteiger partial charge in [0.1, 0.15) is 11.5 Å². The number of benzene rings is 3. The topological polar surface area (TPSA) is 128 Å². The Kier molecular flexibility index (Phi) is 17.0. The fourth-order valence-electron chi connectivity index (χ4n) is 5.80. The van der Waals surface area contributed by atoms with Crippen LogP contribution in [0.4, 0.5) is 0 Å². The van der Waals surface area contributed by atoms with Crippen molar-refractivity contribution in [2.24, 2.45) is 0 Å².